The van der Waals surface area contributed by atoms with Gasteiger partial charge in [-0.3, -0.25) is 0 Å². The summed E-state index contributed by atoms with van der Waals surface area (Å²) in [5.74, 6) is 1.50. The molecule has 1 aliphatic rings. The Hall–Kier alpha value is -7.05. The van der Waals surface area contributed by atoms with Crippen LogP contribution in [0.3, 0.4) is 0 Å². The van der Waals surface area contributed by atoms with Crippen molar-refractivity contribution >= 4 is 44.6 Å². The maximum atomic E-state index is 6.86. The molecule has 0 amide bonds. The first-order chi connectivity index (χ1) is 27.0. The standard InChI is InChI=1S/C49H39N5O/c1-33-25-34(2)48(35(3)26-33)52-32-51(45-23-12-13-24-46(45)52)47-29-41(28-43-42-21-10-11-22-44(42)54(49(43)47)38-17-8-5-9-18-38)55-40-20-14-19-39(27-40)53-31-37(30-50-53)36-15-6-4-7-16-36/h4-31H,32H2,1-3H3. The molecule has 0 N–H and O–H groups in total. The van der Waals surface area contributed by atoms with Crippen molar-refractivity contribution in [1.82, 2.24) is 14.3 Å². The number of ether oxygens (including phenoxy) is 1. The Balaban J connectivity index is 1.14. The van der Waals surface area contributed by atoms with Crippen LogP contribution in [0.2, 0.25) is 0 Å². The highest BCUT2D eigenvalue weighted by Crippen LogP contribution is 2.50. The fourth-order valence-corrected chi connectivity index (χ4v) is 8.44. The predicted octanol–water partition coefficient (Wildman–Crippen LogP) is 12.6. The lowest BCUT2D eigenvalue weighted by Gasteiger charge is -2.26. The molecule has 0 bridgehead atoms. The van der Waals surface area contributed by atoms with Gasteiger partial charge in [-0.1, -0.05) is 103 Å². The van der Waals surface area contributed by atoms with Crippen molar-refractivity contribution in [2.45, 2.75) is 20.8 Å². The highest BCUT2D eigenvalue weighted by molar-refractivity contribution is 6.15. The summed E-state index contributed by atoms with van der Waals surface area (Å²) in [6.07, 6.45) is 3.97. The Morgan fingerprint density at radius 1 is 0.527 bits per heavy atom. The van der Waals surface area contributed by atoms with Crippen molar-refractivity contribution < 1.29 is 4.74 Å². The van der Waals surface area contributed by atoms with Gasteiger partial charge in [0, 0.05) is 46.0 Å². The fourth-order valence-electron chi connectivity index (χ4n) is 8.44. The zero-order valence-electron chi connectivity index (χ0n) is 31.0. The van der Waals surface area contributed by atoms with E-state index in [9.17, 15) is 0 Å². The van der Waals surface area contributed by atoms with Crippen molar-refractivity contribution in [3.05, 3.63) is 187 Å². The number of nitrogens with zero attached hydrogens (tertiary/aromatic N) is 5. The van der Waals surface area contributed by atoms with Crippen LogP contribution in [-0.2, 0) is 0 Å². The van der Waals surface area contributed by atoms with Crippen LogP contribution >= 0.6 is 0 Å². The second-order valence-corrected chi connectivity index (χ2v) is 14.4. The molecule has 0 atom stereocenters. The van der Waals surface area contributed by atoms with Crippen LogP contribution in [0.5, 0.6) is 11.5 Å². The van der Waals surface area contributed by atoms with Gasteiger partial charge in [0.2, 0.25) is 0 Å². The van der Waals surface area contributed by atoms with Gasteiger partial charge in [-0.15, -0.1) is 0 Å². The number of aromatic nitrogens is 3. The quantitative estimate of drug-likeness (QED) is 0.165. The first kappa shape index (κ1) is 32.6. The summed E-state index contributed by atoms with van der Waals surface area (Å²) in [7, 11) is 0. The zero-order chi connectivity index (χ0) is 37.0. The second-order valence-electron chi connectivity index (χ2n) is 14.4. The lowest BCUT2D eigenvalue weighted by molar-refractivity contribution is 0.483. The van der Waals surface area contributed by atoms with E-state index in [1.54, 1.807) is 0 Å². The molecule has 0 radical (unpaired) electrons. The molecule has 0 unspecified atom stereocenters. The van der Waals surface area contributed by atoms with Gasteiger partial charge in [-0.2, -0.15) is 5.10 Å². The number of hydrogen-bond donors (Lipinski definition) is 0. The highest BCUT2D eigenvalue weighted by atomic mass is 16.5. The number of rotatable bonds is 7. The first-order valence-electron chi connectivity index (χ1n) is 18.7. The van der Waals surface area contributed by atoms with Crippen molar-refractivity contribution in [3.8, 4) is 34.0 Å². The number of anilines is 4. The van der Waals surface area contributed by atoms with Gasteiger partial charge in [0.05, 0.1) is 40.0 Å². The summed E-state index contributed by atoms with van der Waals surface area (Å²) in [6, 6.07) is 55.6. The van der Waals surface area contributed by atoms with E-state index < -0.39 is 0 Å². The maximum absolute atomic E-state index is 6.86. The SMILES string of the molecule is Cc1cc(C)c(N2CN(c3cc(Oc4cccc(-n5cc(-c6ccccc6)cn5)c4)cc4c5ccccc5n(-c5ccccc5)c34)c3ccccc32)c(C)c1. The number of benzene rings is 7. The zero-order valence-corrected chi connectivity index (χ0v) is 31.0. The smallest absolute Gasteiger partial charge is 0.130 e. The Kier molecular flexibility index (Phi) is 7.77. The van der Waals surface area contributed by atoms with Gasteiger partial charge in [0.25, 0.3) is 0 Å². The van der Waals surface area contributed by atoms with Gasteiger partial charge in [-0.25, -0.2) is 4.68 Å². The van der Waals surface area contributed by atoms with Crippen LogP contribution in [0.25, 0.3) is 44.3 Å². The Bertz CT molecular complexity index is 2850. The summed E-state index contributed by atoms with van der Waals surface area (Å²) in [5, 5.41) is 7.00. The van der Waals surface area contributed by atoms with E-state index in [0.717, 1.165) is 61.8 Å². The molecule has 0 saturated carbocycles. The summed E-state index contributed by atoms with van der Waals surface area (Å²) in [6.45, 7) is 7.27. The van der Waals surface area contributed by atoms with E-state index in [2.05, 4.69) is 169 Å². The minimum Gasteiger partial charge on any atom is -0.457 e. The average Bonchev–Trinajstić information content (AvgIpc) is 3.94. The van der Waals surface area contributed by atoms with E-state index in [4.69, 9.17) is 9.84 Å². The topological polar surface area (TPSA) is 38.5 Å². The molecule has 55 heavy (non-hydrogen) atoms. The molecule has 0 fully saturated rings. The van der Waals surface area contributed by atoms with Crippen LogP contribution < -0.4 is 14.5 Å². The van der Waals surface area contributed by atoms with E-state index in [1.807, 2.05) is 41.2 Å². The number of para-hydroxylation sites is 4. The number of aryl methyl sites for hydroxylation is 3. The van der Waals surface area contributed by atoms with Crippen LogP contribution in [0, 0.1) is 20.8 Å². The van der Waals surface area contributed by atoms with E-state index in [0.29, 0.717) is 6.67 Å². The van der Waals surface area contributed by atoms with E-state index >= 15 is 0 Å². The van der Waals surface area contributed by atoms with Crippen molar-refractivity contribution in [2.24, 2.45) is 0 Å². The second kappa shape index (κ2) is 13.1. The van der Waals surface area contributed by atoms with Gasteiger partial charge >= 0.3 is 0 Å². The van der Waals surface area contributed by atoms with Crippen molar-refractivity contribution in [3.63, 3.8) is 0 Å². The molecule has 266 valence electrons. The van der Waals surface area contributed by atoms with Crippen molar-refractivity contribution in [2.75, 3.05) is 16.5 Å². The fraction of sp³-hybridized carbons (Fsp3) is 0.0816. The Morgan fingerprint density at radius 2 is 1.20 bits per heavy atom. The third-order valence-corrected chi connectivity index (χ3v) is 10.7. The van der Waals surface area contributed by atoms with Crippen LogP contribution in [0.1, 0.15) is 16.7 Å². The Labute approximate surface area is 320 Å². The molecule has 3 heterocycles. The summed E-state index contributed by atoms with van der Waals surface area (Å²) < 4.78 is 11.2. The van der Waals surface area contributed by atoms with E-state index in [-0.39, 0.29) is 0 Å². The monoisotopic (exact) mass is 713 g/mol. The normalized spacial score (nSPS) is 12.5. The molecule has 2 aromatic heterocycles. The molecule has 7 aromatic carbocycles. The number of fused-ring (bicyclic) bond motifs is 4. The average molecular weight is 714 g/mol. The molecule has 1 aliphatic heterocycles. The van der Waals surface area contributed by atoms with Gasteiger partial charge in [0.1, 0.15) is 18.2 Å². The van der Waals surface area contributed by atoms with Crippen LogP contribution in [0.15, 0.2) is 170 Å². The van der Waals surface area contributed by atoms with Crippen molar-refractivity contribution in [1.29, 1.82) is 0 Å². The summed E-state index contributed by atoms with van der Waals surface area (Å²) >= 11 is 0. The van der Waals surface area contributed by atoms with Gasteiger partial charge < -0.3 is 19.1 Å². The number of hydrogen-bond acceptors (Lipinski definition) is 4. The lowest BCUT2D eigenvalue weighted by Crippen LogP contribution is -2.25. The Morgan fingerprint density at radius 3 is 1.98 bits per heavy atom. The third kappa shape index (κ3) is 5.62. The maximum Gasteiger partial charge on any atom is 0.130 e. The van der Waals surface area contributed by atoms with Crippen LogP contribution in [-0.4, -0.2) is 21.0 Å². The minimum atomic E-state index is 0.650. The molecule has 10 rings (SSSR count). The summed E-state index contributed by atoms with van der Waals surface area (Å²) in [4.78, 5) is 4.92. The molecular weight excluding hydrogens is 675 g/mol. The molecule has 6 heteroatoms. The van der Waals surface area contributed by atoms with Gasteiger partial charge in [0.15, 0.2) is 0 Å². The first-order valence-corrected chi connectivity index (χ1v) is 18.7. The lowest BCUT2D eigenvalue weighted by atomic mass is 10.0. The largest absolute Gasteiger partial charge is 0.457 e. The molecule has 9 aromatic rings. The molecule has 0 aliphatic carbocycles. The minimum absolute atomic E-state index is 0.650. The third-order valence-electron chi connectivity index (χ3n) is 10.7. The molecule has 6 nitrogen and oxygen atoms in total. The van der Waals surface area contributed by atoms with E-state index in [1.165, 1.54) is 33.5 Å². The predicted molar refractivity (Wildman–Crippen MR) is 226 cm³/mol. The molecule has 0 saturated heterocycles. The molecular formula is C49H39N5O. The highest BCUT2D eigenvalue weighted by Gasteiger charge is 2.32. The molecule has 0 spiro atoms. The van der Waals surface area contributed by atoms with Gasteiger partial charge in [-0.05, 0) is 86.0 Å². The van der Waals surface area contributed by atoms with Crippen LogP contribution in [0.4, 0.5) is 22.7 Å². The summed E-state index contributed by atoms with van der Waals surface area (Å²) in [5.41, 5.74) is 15.0.